The first-order valence-corrected chi connectivity index (χ1v) is 10.8. The summed E-state index contributed by atoms with van der Waals surface area (Å²) in [6, 6.07) is 13.6. The highest BCUT2D eigenvalue weighted by Crippen LogP contribution is 2.32. The number of hydrazone groups is 1. The van der Waals surface area contributed by atoms with Gasteiger partial charge in [-0.1, -0.05) is 18.2 Å². The monoisotopic (exact) mass is 475 g/mol. The number of carbonyl (C=O) groups is 1. The van der Waals surface area contributed by atoms with Gasteiger partial charge in [-0.15, -0.1) is 0 Å². The Hall–Kier alpha value is -4.60. The Morgan fingerprint density at radius 3 is 2.46 bits per heavy atom. The van der Waals surface area contributed by atoms with Crippen LogP contribution in [-0.4, -0.2) is 45.8 Å². The highest BCUT2D eigenvalue weighted by Gasteiger charge is 2.18. The van der Waals surface area contributed by atoms with Crippen molar-refractivity contribution in [3.63, 3.8) is 0 Å². The number of amides is 1. The third kappa shape index (κ3) is 4.58. The number of benzene rings is 2. The lowest BCUT2D eigenvalue weighted by Crippen LogP contribution is -2.24. The smallest absolute Gasteiger partial charge is 0.265 e. The lowest BCUT2D eigenvalue weighted by molar-refractivity contribution is -0.121. The molecular formula is C25H25N5O5. The topological polar surface area (TPSA) is 120 Å². The van der Waals surface area contributed by atoms with E-state index in [1.807, 2.05) is 19.9 Å². The maximum Gasteiger partial charge on any atom is 0.265 e. The van der Waals surface area contributed by atoms with E-state index < -0.39 is 5.56 Å². The highest BCUT2D eigenvalue weighted by molar-refractivity contribution is 6.02. The van der Waals surface area contributed by atoms with Crippen molar-refractivity contribution in [2.75, 3.05) is 14.2 Å². The molecule has 4 rings (SSSR count). The summed E-state index contributed by atoms with van der Waals surface area (Å²) >= 11 is 0. The summed E-state index contributed by atoms with van der Waals surface area (Å²) in [6.45, 7) is 3.70. The van der Waals surface area contributed by atoms with E-state index in [2.05, 4.69) is 15.6 Å². The maximum absolute atomic E-state index is 13.3. The van der Waals surface area contributed by atoms with Crippen LogP contribution < -0.4 is 20.5 Å². The second-order valence-electron chi connectivity index (χ2n) is 7.84. The summed E-state index contributed by atoms with van der Waals surface area (Å²) < 4.78 is 13.3. The molecule has 0 spiro atoms. The molecule has 0 aliphatic carbocycles. The molecule has 0 atom stereocenters. The van der Waals surface area contributed by atoms with Gasteiger partial charge in [0.25, 0.3) is 11.5 Å². The number of nitrogens with zero attached hydrogens (tertiary/aromatic N) is 4. The second-order valence-corrected chi connectivity index (χ2v) is 7.84. The molecular weight excluding hydrogens is 450 g/mol. The third-order valence-corrected chi connectivity index (χ3v) is 5.51. The van der Waals surface area contributed by atoms with E-state index in [-0.39, 0.29) is 23.9 Å². The Bertz CT molecular complexity index is 1500. The van der Waals surface area contributed by atoms with Crippen molar-refractivity contribution in [2.45, 2.75) is 20.4 Å². The van der Waals surface area contributed by atoms with Crippen LogP contribution in [0.25, 0.3) is 16.5 Å². The molecule has 1 amide bonds. The quantitative estimate of drug-likeness (QED) is 0.313. The van der Waals surface area contributed by atoms with Crippen LogP contribution in [0.15, 0.2) is 58.4 Å². The largest absolute Gasteiger partial charge is 0.494 e. The van der Waals surface area contributed by atoms with Crippen molar-refractivity contribution < 1.29 is 19.4 Å². The van der Waals surface area contributed by atoms with Crippen LogP contribution in [0.5, 0.6) is 17.4 Å². The zero-order valence-electron chi connectivity index (χ0n) is 19.8. The van der Waals surface area contributed by atoms with E-state index in [1.54, 1.807) is 47.1 Å². The first kappa shape index (κ1) is 23.6. The lowest BCUT2D eigenvalue weighted by Gasteiger charge is -2.15. The van der Waals surface area contributed by atoms with Crippen LogP contribution in [0, 0.1) is 13.8 Å². The number of hydrogen-bond donors (Lipinski definition) is 2. The van der Waals surface area contributed by atoms with Crippen molar-refractivity contribution >= 4 is 22.9 Å². The number of carbonyl (C=O) groups excluding carboxylic acids is 1. The molecule has 0 radical (unpaired) electrons. The van der Waals surface area contributed by atoms with Gasteiger partial charge in [-0.2, -0.15) is 10.2 Å². The molecule has 2 heterocycles. The molecule has 10 heteroatoms. The third-order valence-electron chi connectivity index (χ3n) is 5.51. The number of fused-ring (bicyclic) bond motifs is 1. The van der Waals surface area contributed by atoms with Gasteiger partial charge in [0.05, 0.1) is 37.4 Å². The van der Waals surface area contributed by atoms with Gasteiger partial charge in [-0.05, 0) is 38.1 Å². The molecule has 2 aromatic carbocycles. The van der Waals surface area contributed by atoms with Gasteiger partial charge in [-0.25, -0.2) is 9.99 Å². The van der Waals surface area contributed by atoms with Crippen LogP contribution >= 0.6 is 0 Å². The molecule has 2 aromatic heterocycles. The van der Waals surface area contributed by atoms with Gasteiger partial charge in [-0.3, -0.25) is 14.3 Å². The Morgan fingerprint density at radius 1 is 1.09 bits per heavy atom. The molecule has 35 heavy (non-hydrogen) atoms. The number of aromatic hydroxyl groups is 1. The van der Waals surface area contributed by atoms with Gasteiger partial charge >= 0.3 is 0 Å². The standard InChI is InChI=1S/C25H25N5O5/c1-15-11-16(2)29(28-15)14-23(31)27-26-13-20-18-7-5-6-8-19(18)24(32)30(25(20)33)17-9-10-21(34-3)22(12-17)35-4/h5-13,33H,14H2,1-4H3,(H,27,31). The van der Waals surface area contributed by atoms with E-state index in [9.17, 15) is 14.7 Å². The molecule has 0 bridgehead atoms. The number of pyridine rings is 1. The van der Waals surface area contributed by atoms with Crippen LogP contribution in [0.4, 0.5) is 0 Å². The van der Waals surface area contributed by atoms with Gasteiger partial charge in [0.15, 0.2) is 11.5 Å². The number of methoxy groups -OCH3 is 2. The SMILES string of the molecule is COc1ccc(-n2c(O)c(C=NNC(=O)Cn3nc(C)cc3C)c3ccccc3c2=O)cc1OC. The normalized spacial score (nSPS) is 11.2. The number of aromatic nitrogens is 3. The first-order valence-electron chi connectivity index (χ1n) is 10.8. The van der Waals surface area contributed by atoms with Crippen LogP contribution in [-0.2, 0) is 11.3 Å². The summed E-state index contributed by atoms with van der Waals surface area (Å²) in [5, 5.41) is 20.3. The Labute approximate surface area is 201 Å². The maximum atomic E-state index is 13.3. The minimum Gasteiger partial charge on any atom is -0.494 e. The van der Waals surface area contributed by atoms with Gasteiger partial charge in [0.2, 0.25) is 5.88 Å². The molecule has 0 saturated carbocycles. The average molecular weight is 476 g/mol. The van der Waals surface area contributed by atoms with Crippen molar-refractivity contribution in [1.82, 2.24) is 19.8 Å². The number of rotatable bonds is 7. The second kappa shape index (κ2) is 9.72. The molecule has 0 saturated heterocycles. The number of hydrogen-bond acceptors (Lipinski definition) is 7. The molecule has 2 N–H and O–H groups in total. The van der Waals surface area contributed by atoms with Crippen molar-refractivity contribution in [1.29, 1.82) is 0 Å². The molecule has 0 aliphatic heterocycles. The first-order chi connectivity index (χ1) is 16.8. The predicted molar refractivity (Wildman–Crippen MR) is 132 cm³/mol. The summed E-state index contributed by atoms with van der Waals surface area (Å²) in [4.78, 5) is 25.6. The number of aryl methyl sites for hydroxylation is 2. The van der Waals surface area contributed by atoms with Gasteiger partial charge < -0.3 is 14.6 Å². The van der Waals surface area contributed by atoms with E-state index in [0.29, 0.717) is 28.0 Å². The molecule has 10 nitrogen and oxygen atoms in total. The van der Waals surface area contributed by atoms with E-state index in [1.165, 1.54) is 20.4 Å². The predicted octanol–water partition coefficient (Wildman–Crippen LogP) is 2.68. The summed E-state index contributed by atoms with van der Waals surface area (Å²) in [5.41, 5.74) is 4.34. The van der Waals surface area contributed by atoms with Crippen molar-refractivity contribution in [3.05, 3.63) is 75.8 Å². The molecule has 4 aromatic rings. The summed E-state index contributed by atoms with van der Waals surface area (Å²) in [6.07, 6.45) is 1.31. The van der Waals surface area contributed by atoms with Crippen LogP contribution in [0.3, 0.4) is 0 Å². The minimum atomic E-state index is -0.420. The average Bonchev–Trinajstić information content (AvgIpc) is 3.17. The fourth-order valence-corrected chi connectivity index (χ4v) is 3.87. The lowest BCUT2D eigenvalue weighted by atomic mass is 10.1. The summed E-state index contributed by atoms with van der Waals surface area (Å²) in [5.74, 6) is 0.162. The molecule has 180 valence electrons. The Kier molecular flexibility index (Phi) is 6.54. The number of nitrogens with one attached hydrogen (secondary N) is 1. The van der Waals surface area contributed by atoms with Crippen LogP contribution in [0.1, 0.15) is 17.0 Å². The molecule has 0 fully saturated rings. The van der Waals surface area contributed by atoms with E-state index in [0.717, 1.165) is 16.0 Å². The van der Waals surface area contributed by atoms with Crippen molar-refractivity contribution in [3.8, 4) is 23.1 Å². The zero-order valence-corrected chi connectivity index (χ0v) is 19.8. The fraction of sp³-hybridized carbons (Fsp3) is 0.200. The number of ether oxygens (including phenoxy) is 2. The van der Waals surface area contributed by atoms with Gasteiger partial charge in [0.1, 0.15) is 6.54 Å². The Morgan fingerprint density at radius 2 is 1.80 bits per heavy atom. The molecule has 0 aliphatic rings. The van der Waals surface area contributed by atoms with Gasteiger partial charge in [0, 0.05) is 22.5 Å². The summed E-state index contributed by atoms with van der Waals surface area (Å²) in [7, 11) is 2.99. The molecule has 0 unspecified atom stereocenters. The zero-order chi connectivity index (χ0) is 25.1. The fourth-order valence-electron chi connectivity index (χ4n) is 3.87. The minimum absolute atomic E-state index is 0.00508. The van der Waals surface area contributed by atoms with E-state index >= 15 is 0 Å². The highest BCUT2D eigenvalue weighted by atomic mass is 16.5. The van der Waals surface area contributed by atoms with E-state index in [4.69, 9.17) is 9.47 Å². The van der Waals surface area contributed by atoms with Crippen LogP contribution in [0.2, 0.25) is 0 Å². The Balaban J connectivity index is 1.73. The van der Waals surface area contributed by atoms with Crippen molar-refractivity contribution in [2.24, 2.45) is 5.10 Å².